The molecule has 1 aromatic heterocycles. The van der Waals surface area contributed by atoms with Crippen LogP contribution in [-0.2, 0) is 17.9 Å². The Balaban J connectivity index is 1.58. The fourth-order valence-corrected chi connectivity index (χ4v) is 3.04. The van der Waals surface area contributed by atoms with Crippen LogP contribution in [0.15, 0.2) is 12.5 Å². The van der Waals surface area contributed by atoms with Gasteiger partial charge in [-0.05, 0) is 18.8 Å². The molecule has 0 radical (unpaired) electrons. The quantitative estimate of drug-likeness (QED) is 0.803. The van der Waals surface area contributed by atoms with Gasteiger partial charge in [-0.3, -0.25) is 4.79 Å². The largest absolute Gasteiger partial charge is 0.332 e. The van der Waals surface area contributed by atoms with E-state index in [-0.39, 0.29) is 0 Å². The SMILES string of the molecule is O=C(CC1CCCCC1)N1Cc2cncnc2C1. The fourth-order valence-electron chi connectivity index (χ4n) is 3.04. The molecule has 0 unspecified atom stereocenters. The molecule has 2 heterocycles. The molecule has 0 bridgehead atoms. The van der Waals surface area contributed by atoms with E-state index in [0.29, 0.717) is 24.9 Å². The van der Waals surface area contributed by atoms with Crippen molar-refractivity contribution in [1.82, 2.24) is 14.9 Å². The van der Waals surface area contributed by atoms with Gasteiger partial charge in [0.1, 0.15) is 6.33 Å². The number of hydrogen-bond donors (Lipinski definition) is 0. The third kappa shape index (κ3) is 2.37. The van der Waals surface area contributed by atoms with Crippen LogP contribution in [0.1, 0.15) is 49.8 Å². The first-order valence-corrected chi connectivity index (χ1v) is 6.88. The van der Waals surface area contributed by atoms with Gasteiger partial charge in [0, 0.05) is 24.7 Å². The molecule has 1 aromatic rings. The second-order valence-corrected chi connectivity index (χ2v) is 5.45. The molecule has 4 nitrogen and oxygen atoms in total. The standard InChI is InChI=1S/C14H19N3O/c18-14(6-11-4-2-1-3-5-11)17-8-12-7-15-10-16-13(12)9-17/h7,10-11H,1-6,8-9H2. The second kappa shape index (κ2) is 5.04. The second-order valence-electron chi connectivity index (χ2n) is 5.45. The number of fused-ring (bicyclic) bond motifs is 1. The number of aromatic nitrogens is 2. The Labute approximate surface area is 107 Å². The summed E-state index contributed by atoms with van der Waals surface area (Å²) in [4.78, 5) is 22.4. The summed E-state index contributed by atoms with van der Waals surface area (Å²) in [5.41, 5.74) is 2.12. The van der Waals surface area contributed by atoms with Crippen molar-refractivity contribution in [2.45, 2.75) is 51.6 Å². The Morgan fingerprint density at radius 3 is 2.89 bits per heavy atom. The van der Waals surface area contributed by atoms with E-state index in [4.69, 9.17) is 0 Å². The van der Waals surface area contributed by atoms with Crippen molar-refractivity contribution in [2.75, 3.05) is 0 Å². The third-order valence-electron chi connectivity index (χ3n) is 4.12. The van der Waals surface area contributed by atoms with Crippen LogP contribution >= 0.6 is 0 Å². The predicted octanol–water partition coefficient (Wildman–Crippen LogP) is 2.29. The van der Waals surface area contributed by atoms with Gasteiger partial charge in [0.25, 0.3) is 0 Å². The Bertz CT molecular complexity index is 415. The molecule has 1 saturated carbocycles. The summed E-state index contributed by atoms with van der Waals surface area (Å²) in [6.07, 6.45) is 10.5. The Morgan fingerprint density at radius 1 is 1.28 bits per heavy atom. The summed E-state index contributed by atoms with van der Waals surface area (Å²) in [7, 11) is 0. The van der Waals surface area contributed by atoms with Crippen LogP contribution in [0.3, 0.4) is 0 Å². The molecule has 4 heteroatoms. The van der Waals surface area contributed by atoms with Crippen molar-refractivity contribution in [2.24, 2.45) is 5.92 Å². The van der Waals surface area contributed by atoms with E-state index in [1.54, 1.807) is 6.33 Å². The van der Waals surface area contributed by atoms with E-state index in [2.05, 4.69) is 9.97 Å². The molecule has 2 aliphatic rings. The van der Waals surface area contributed by atoms with E-state index in [1.807, 2.05) is 11.1 Å². The minimum absolute atomic E-state index is 0.292. The van der Waals surface area contributed by atoms with E-state index < -0.39 is 0 Å². The van der Waals surface area contributed by atoms with Crippen LogP contribution in [-0.4, -0.2) is 20.8 Å². The lowest BCUT2D eigenvalue weighted by atomic mass is 9.87. The van der Waals surface area contributed by atoms with E-state index in [9.17, 15) is 4.79 Å². The Hall–Kier alpha value is -1.45. The number of hydrogen-bond acceptors (Lipinski definition) is 3. The molecule has 1 aliphatic heterocycles. The number of nitrogens with zero attached hydrogens (tertiary/aromatic N) is 3. The van der Waals surface area contributed by atoms with Crippen LogP contribution in [0.25, 0.3) is 0 Å². The smallest absolute Gasteiger partial charge is 0.223 e. The van der Waals surface area contributed by atoms with E-state index in [1.165, 1.54) is 32.1 Å². The molecule has 0 atom stereocenters. The molecule has 0 aromatic carbocycles. The average molecular weight is 245 g/mol. The molecule has 0 spiro atoms. The van der Waals surface area contributed by atoms with Gasteiger partial charge in [-0.25, -0.2) is 9.97 Å². The molecule has 1 fully saturated rings. The van der Waals surface area contributed by atoms with Crippen LogP contribution in [0.5, 0.6) is 0 Å². The van der Waals surface area contributed by atoms with E-state index >= 15 is 0 Å². The molecule has 1 amide bonds. The molecule has 96 valence electrons. The lowest BCUT2D eigenvalue weighted by molar-refractivity contribution is -0.133. The van der Waals surface area contributed by atoms with Gasteiger partial charge in [-0.2, -0.15) is 0 Å². The van der Waals surface area contributed by atoms with Crippen molar-refractivity contribution >= 4 is 5.91 Å². The van der Waals surface area contributed by atoms with Gasteiger partial charge in [0.05, 0.1) is 12.2 Å². The normalized spacial score (nSPS) is 19.9. The predicted molar refractivity (Wildman–Crippen MR) is 67.5 cm³/mol. The molecule has 3 rings (SSSR count). The first-order chi connectivity index (χ1) is 8.83. The monoisotopic (exact) mass is 245 g/mol. The van der Waals surface area contributed by atoms with Crippen LogP contribution in [0, 0.1) is 5.92 Å². The van der Waals surface area contributed by atoms with Crippen LogP contribution in [0.2, 0.25) is 0 Å². The minimum atomic E-state index is 0.292. The van der Waals surface area contributed by atoms with Gasteiger partial charge in [-0.15, -0.1) is 0 Å². The maximum Gasteiger partial charge on any atom is 0.223 e. The van der Waals surface area contributed by atoms with Gasteiger partial charge in [0.15, 0.2) is 0 Å². The van der Waals surface area contributed by atoms with E-state index in [0.717, 1.165) is 17.7 Å². The molecular formula is C14H19N3O. The number of carbonyl (C=O) groups excluding carboxylic acids is 1. The number of carbonyl (C=O) groups is 1. The lowest BCUT2D eigenvalue weighted by Gasteiger charge is -2.23. The topological polar surface area (TPSA) is 46.1 Å². The van der Waals surface area contributed by atoms with Crippen molar-refractivity contribution in [3.63, 3.8) is 0 Å². The Kier molecular flexibility index (Phi) is 3.26. The van der Waals surface area contributed by atoms with Crippen molar-refractivity contribution in [3.8, 4) is 0 Å². The zero-order valence-electron chi connectivity index (χ0n) is 10.6. The minimum Gasteiger partial charge on any atom is -0.332 e. The molecular weight excluding hydrogens is 226 g/mol. The van der Waals surface area contributed by atoms with Crippen molar-refractivity contribution in [1.29, 1.82) is 0 Å². The van der Waals surface area contributed by atoms with Gasteiger partial charge in [-0.1, -0.05) is 19.3 Å². The van der Waals surface area contributed by atoms with Crippen LogP contribution < -0.4 is 0 Å². The summed E-state index contributed by atoms with van der Waals surface area (Å²) in [6, 6.07) is 0. The highest BCUT2D eigenvalue weighted by atomic mass is 16.2. The van der Waals surface area contributed by atoms with Crippen molar-refractivity contribution < 1.29 is 4.79 Å². The lowest BCUT2D eigenvalue weighted by Crippen LogP contribution is -2.27. The summed E-state index contributed by atoms with van der Waals surface area (Å²) >= 11 is 0. The molecule has 1 aliphatic carbocycles. The Morgan fingerprint density at radius 2 is 2.11 bits per heavy atom. The van der Waals surface area contributed by atoms with Crippen molar-refractivity contribution in [3.05, 3.63) is 23.8 Å². The average Bonchev–Trinajstić information content (AvgIpc) is 2.84. The first kappa shape index (κ1) is 11.6. The van der Waals surface area contributed by atoms with Gasteiger partial charge in [0.2, 0.25) is 5.91 Å². The summed E-state index contributed by atoms with van der Waals surface area (Å²) in [5.74, 6) is 0.904. The number of rotatable bonds is 2. The maximum atomic E-state index is 12.3. The zero-order chi connectivity index (χ0) is 12.4. The molecule has 0 N–H and O–H groups in total. The first-order valence-electron chi connectivity index (χ1n) is 6.88. The van der Waals surface area contributed by atoms with Gasteiger partial charge >= 0.3 is 0 Å². The zero-order valence-corrected chi connectivity index (χ0v) is 10.6. The summed E-state index contributed by atoms with van der Waals surface area (Å²) in [5, 5.41) is 0. The molecule has 0 saturated heterocycles. The number of amides is 1. The highest BCUT2D eigenvalue weighted by Gasteiger charge is 2.26. The third-order valence-corrected chi connectivity index (χ3v) is 4.12. The highest BCUT2D eigenvalue weighted by Crippen LogP contribution is 2.28. The molecule has 18 heavy (non-hydrogen) atoms. The summed E-state index contributed by atoms with van der Waals surface area (Å²) in [6.45, 7) is 1.37. The van der Waals surface area contributed by atoms with Crippen LogP contribution in [0.4, 0.5) is 0 Å². The fraction of sp³-hybridized carbons (Fsp3) is 0.643. The summed E-state index contributed by atoms with van der Waals surface area (Å²) < 4.78 is 0. The maximum absolute atomic E-state index is 12.3. The highest BCUT2D eigenvalue weighted by molar-refractivity contribution is 5.77. The van der Waals surface area contributed by atoms with Gasteiger partial charge < -0.3 is 4.90 Å².